The number of cyclic esters (lactones) is 1. The second kappa shape index (κ2) is 7.32. The number of esters is 2. The Morgan fingerprint density at radius 3 is 2.62 bits per heavy atom. The van der Waals surface area contributed by atoms with E-state index in [1.807, 2.05) is 0 Å². The standard InChI is InChI=1S/C19H26O5/c1-5-7-8-14-19(11-16(21)24-14)10-13(9-15(20)23-6-2)17(12(3)4)18(19)22/h14H,3,5-11H2,1-2,4H3/t14-,19-/m1/s1. The molecule has 1 heterocycles. The van der Waals surface area contributed by atoms with Gasteiger partial charge < -0.3 is 9.47 Å². The molecule has 1 fully saturated rings. The topological polar surface area (TPSA) is 69.7 Å². The zero-order chi connectivity index (χ0) is 17.9. The van der Waals surface area contributed by atoms with E-state index in [2.05, 4.69) is 13.5 Å². The predicted molar refractivity (Wildman–Crippen MR) is 89.2 cm³/mol. The average molecular weight is 334 g/mol. The van der Waals surface area contributed by atoms with Crippen LogP contribution in [0.3, 0.4) is 0 Å². The molecule has 0 aromatic rings. The second-order valence-electron chi connectivity index (χ2n) is 6.70. The van der Waals surface area contributed by atoms with Crippen molar-refractivity contribution in [3.05, 3.63) is 23.3 Å². The van der Waals surface area contributed by atoms with Crippen LogP contribution in [0.5, 0.6) is 0 Å². The smallest absolute Gasteiger partial charge is 0.309 e. The molecule has 5 heteroatoms. The van der Waals surface area contributed by atoms with Gasteiger partial charge in [-0.05, 0) is 37.8 Å². The molecule has 24 heavy (non-hydrogen) atoms. The largest absolute Gasteiger partial charge is 0.466 e. The molecule has 0 aromatic carbocycles. The molecule has 0 radical (unpaired) electrons. The normalized spacial score (nSPS) is 26.2. The highest BCUT2D eigenvalue weighted by Crippen LogP contribution is 2.52. The summed E-state index contributed by atoms with van der Waals surface area (Å²) >= 11 is 0. The molecule has 1 saturated heterocycles. The molecule has 1 spiro atoms. The lowest BCUT2D eigenvalue weighted by atomic mass is 9.74. The van der Waals surface area contributed by atoms with Gasteiger partial charge in [-0.2, -0.15) is 0 Å². The third-order valence-corrected chi connectivity index (χ3v) is 4.82. The molecule has 2 aliphatic rings. The summed E-state index contributed by atoms with van der Waals surface area (Å²) in [6.45, 7) is 9.76. The van der Waals surface area contributed by atoms with Crippen LogP contribution < -0.4 is 0 Å². The molecule has 0 unspecified atom stereocenters. The van der Waals surface area contributed by atoms with Crippen LogP contribution in [0.2, 0.25) is 0 Å². The van der Waals surface area contributed by atoms with Crippen molar-refractivity contribution in [2.45, 2.75) is 65.4 Å². The highest BCUT2D eigenvalue weighted by molar-refractivity contribution is 6.10. The average Bonchev–Trinajstić information content (AvgIpc) is 2.95. The van der Waals surface area contributed by atoms with E-state index in [1.165, 1.54) is 0 Å². The molecule has 5 nitrogen and oxygen atoms in total. The number of ketones is 1. The number of hydrogen-bond acceptors (Lipinski definition) is 5. The Morgan fingerprint density at radius 1 is 1.33 bits per heavy atom. The summed E-state index contributed by atoms with van der Waals surface area (Å²) in [7, 11) is 0. The van der Waals surface area contributed by atoms with E-state index in [4.69, 9.17) is 9.47 Å². The maximum atomic E-state index is 13.1. The number of ether oxygens (including phenoxy) is 2. The van der Waals surface area contributed by atoms with Gasteiger partial charge in [0, 0.05) is 5.57 Å². The van der Waals surface area contributed by atoms with Crippen LogP contribution in [0.15, 0.2) is 23.3 Å². The molecule has 2 rings (SSSR count). The molecule has 132 valence electrons. The number of carbonyl (C=O) groups excluding carboxylic acids is 3. The van der Waals surface area contributed by atoms with Gasteiger partial charge in [0.1, 0.15) is 6.10 Å². The first kappa shape index (κ1) is 18.4. The predicted octanol–water partition coefficient (Wildman–Crippen LogP) is 3.28. The van der Waals surface area contributed by atoms with Gasteiger partial charge in [-0.15, -0.1) is 0 Å². The van der Waals surface area contributed by atoms with Crippen molar-refractivity contribution in [3.8, 4) is 0 Å². The summed E-state index contributed by atoms with van der Waals surface area (Å²) in [6, 6.07) is 0. The van der Waals surface area contributed by atoms with Crippen molar-refractivity contribution >= 4 is 17.7 Å². The van der Waals surface area contributed by atoms with Crippen molar-refractivity contribution < 1.29 is 23.9 Å². The maximum Gasteiger partial charge on any atom is 0.309 e. The summed E-state index contributed by atoms with van der Waals surface area (Å²) in [5.74, 6) is -0.782. The van der Waals surface area contributed by atoms with E-state index >= 15 is 0 Å². The van der Waals surface area contributed by atoms with Crippen molar-refractivity contribution in [2.75, 3.05) is 6.61 Å². The molecule has 2 atom stereocenters. The molecule has 0 aromatic heterocycles. The van der Waals surface area contributed by atoms with Gasteiger partial charge in [0.2, 0.25) is 0 Å². The third kappa shape index (κ3) is 3.30. The monoisotopic (exact) mass is 334 g/mol. The summed E-state index contributed by atoms with van der Waals surface area (Å²) in [5, 5.41) is 0. The number of rotatable bonds is 7. The Hall–Kier alpha value is -1.91. The molecule has 0 saturated carbocycles. The Kier molecular flexibility index (Phi) is 5.62. The summed E-state index contributed by atoms with van der Waals surface area (Å²) in [6.07, 6.45) is 2.65. The first-order chi connectivity index (χ1) is 11.4. The Balaban J connectivity index is 2.32. The highest BCUT2D eigenvalue weighted by atomic mass is 16.6. The van der Waals surface area contributed by atoms with Crippen LogP contribution in [0.4, 0.5) is 0 Å². The molecule has 0 amide bonds. The van der Waals surface area contributed by atoms with Gasteiger partial charge in [0.05, 0.1) is 24.9 Å². The van der Waals surface area contributed by atoms with Crippen LogP contribution in [0, 0.1) is 5.41 Å². The fourth-order valence-corrected chi connectivity index (χ4v) is 3.80. The molecule has 0 bridgehead atoms. The minimum atomic E-state index is -0.859. The Labute approximate surface area is 143 Å². The Bertz CT molecular complexity index is 601. The van der Waals surface area contributed by atoms with E-state index in [-0.39, 0.29) is 30.6 Å². The SMILES string of the molecule is C=C(C)C1=C(CC(=O)OCC)C[C@]2(CC(=O)O[C@@H]2CCCC)C1=O. The number of Topliss-reactive ketones (excluding diaryl/α,β-unsaturated/α-hetero) is 1. The zero-order valence-electron chi connectivity index (χ0n) is 14.8. The van der Waals surface area contributed by atoms with Crippen molar-refractivity contribution in [2.24, 2.45) is 5.41 Å². The number of unbranched alkanes of at least 4 members (excludes halogenated alkanes) is 1. The van der Waals surface area contributed by atoms with E-state index in [9.17, 15) is 14.4 Å². The van der Waals surface area contributed by atoms with Gasteiger partial charge in [-0.1, -0.05) is 26.3 Å². The second-order valence-corrected chi connectivity index (χ2v) is 6.70. The lowest BCUT2D eigenvalue weighted by Crippen LogP contribution is -2.36. The molecule has 1 aliphatic heterocycles. The van der Waals surface area contributed by atoms with Crippen LogP contribution >= 0.6 is 0 Å². The fraction of sp³-hybridized carbons (Fsp3) is 0.632. The highest BCUT2D eigenvalue weighted by Gasteiger charge is 2.58. The minimum Gasteiger partial charge on any atom is -0.466 e. The van der Waals surface area contributed by atoms with Gasteiger partial charge in [-0.25, -0.2) is 0 Å². The minimum absolute atomic E-state index is 0.0677. The van der Waals surface area contributed by atoms with Gasteiger partial charge in [-0.3, -0.25) is 14.4 Å². The van der Waals surface area contributed by atoms with Crippen molar-refractivity contribution in [3.63, 3.8) is 0 Å². The Morgan fingerprint density at radius 2 is 2.04 bits per heavy atom. The van der Waals surface area contributed by atoms with Gasteiger partial charge in [0.15, 0.2) is 5.78 Å². The fourth-order valence-electron chi connectivity index (χ4n) is 3.80. The zero-order valence-corrected chi connectivity index (χ0v) is 14.8. The summed E-state index contributed by atoms with van der Waals surface area (Å²) in [4.78, 5) is 37.0. The molecule has 1 aliphatic carbocycles. The number of carbonyl (C=O) groups is 3. The quantitative estimate of drug-likeness (QED) is 0.668. The lowest BCUT2D eigenvalue weighted by molar-refractivity contribution is -0.143. The van der Waals surface area contributed by atoms with E-state index in [0.717, 1.165) is 18.4 Å². The first-order valence-electron chi connectivity index (χ1n) is 8.63. The van der Waals surface area contributed by atoms with Crippen LogP contribution in [-0.4, -0.2) is 30.4 Å². The van der Waals surface area contributed by atoms with Gasteiger partial charge in [0.25, 0.3) is 0 Å². The van der Waals surface area contributed by atoms with Crippen molar-refractivity contribution in [1.82, 2.24) is 0 Å². The first-order valence-corrected chi connectivity index (χ1v) is 8.63. The molecular formula is C19H26O5. The summed E-state index contributed by atoms with van der Waals surface area (Å²) < 4.78 is 10.5. The van der Waals surface area contributed by atoms with Crippen LogP contribution in [-0.2, 0) is 23.9 Å². The summed E-state index contributed by atoms with van der Waals surface area (Å²) in [5.41, 5.74) is 1.00. The molecule has 0 N–H and O–H groups in total. The lowest BCUT2D eigenvalue weighted by Gasteiger charge is -2.27. The number of hydrogen-bond donors (Lipinski definition) is 0. The van der Waals surface area contributed by atoms with E-state index < -0.39 is 11.5 Å². The number of allylic oxidation sites excluding steroid dienone is 2. The maximum absolute atomic E-state index is 13.1. The van der Waals surface area contributed by atoms with Crippen LogP contribution in [0.25, 0.3) is 0 Å². The molecular weight excluding hydrogens is 308 g/mol. The van der Waals surface area contributed by atoms with Gasteiger partial charge >= 0.3 is 11.9 Å². The van der Waals surface area contributed by atoms with E-state index in [1.54, 1.807) is 13.8 Å². The van der Waals surface area contributed by atoms with Crippen LogP contribution in [0.1, 0.15) is 59.3 Å². The van der Waals surface area contributed by atoms with E-state index in [0.29, 0.717) is 30.6 Å². The third-order valence-electron chi connectivity index (χ3n) is 4.82. The van der Waals surface area contributed by atoms with Crippen molar-refractivity contribution in [1.29, 1.82) is 0 Å².